The van der Waals surface area contributed by atoms with E-state index in [0.717, 1.165) is 48.4 Å². The van der Waals surface area contributed by atoms with E-state index in [9.17, 15) is 9.59 Å². The van der Waals surface area contributed by atoms with Crippen molar-refractivity contribution in [2.45, 2.75) is 25.7 Å². The first-order valence-electron chi connectivity index (χ1n) is 12.0. The number of ether oxygens (including phenoxy) is 2. The van der Waals surface area contributed by atoms with Gasteiger partial charge in [-0.1, -0.05) is 0 Å². The summed E-state index contributed by atoms with van der Waals surface area (Å²) in [5.74, 6) is 2.36. The van der Waals surface area contributed by atoms with Gasteiger partial charge in [-0.25, -0.2) is 4.98 Å². The number of carbonyl (C=O) groups is 2. The molecule has 2 fully saturated rings. The quantitative estimate of drug-likeness (QED) is 0.477. The second kappa shape index (κ2) is 9.82. The predicted octanol–water partition coefficient (Wildman–Crippen LogP) is 4.14. The number of anilines is 1. The number of rotatable bonds is 10. The average Bonchev–Trinajstić information content (AvgIpc) is 3.82. The summed E-state index contributed by atoms with van der Waals surface area (Å²) in [6.45, 7) is 0.700. The second-order valence-electron chi connectivity index (χ2n) is 9.23. The summed E-state index contributed by atoms with van der Waals surface area (Å²) in [4.78, 5) is 32.3. The number of hydrogen-bond acceptors (Lipinski definition) is 5. The third kappa shape index (κ3) is 5.48. The lowest BCUT2D eigenvalue weighted by atomic mass is 10.1. The minimum atomic E-state index is -0.249. The van der Waals surface area contributed by atoms with Gasteiger partial charge in [0.05, 0.1) is 26.5 Å². The van der Waals surface area contributed by atoms with Gasteiger partial charge in [0.15, 0.2) is 0 Å². The van der Waals surface area contributed by atoms with Crippen molar-refractivity contribution in [2.75, 3.05) is 32.6 Å². The van der Waals surface area contributed by atoms with Crippen LogP contribution in [0.25, 0.3) is 16.9 Å². The SMILES string of the molecule is COc1ccc(-c2cn(-c3ccc(OC)cc3)c(NC(=O)CN(CC3CC3)C(=O)C3CC3)n2)cc1. The Kier molecular flexibility index (Phi) is 6.44. The minimum absolute atomic E-state index is 0.0408. The van der Waals surface area contributed by atoms with Crippen LogP contribution < -0.4 is 14.8 Å². The third-order valence-corrected chi connectivity index (χ3v) is 6.44. The van der Waals surface area contributed by atoms with E-state index in [1.807, 2.05) is 59.3 Å². The van der Waals surface area contributed by atoms with Crippen LogP contribution in [0.15, 0.2) is 54.7 Å². The third-order valence-electron chi connectivity index (χ3n) is 6.44. The number of imidazole rings is 1. The van der Waals surface area contributed by atoms with Gasteiger partial charge < -0.3 is 14.4 Å². The molecule has 2 saturated carbocycles. The fourth-order valence-corrected chi connectivity index (χ4v) is 4.08. The lowest BCUT2D eigenvalue weighted by Crippen LogP contribution is -2.40. The Morgan fingerprint density at radius 2 is 1.60 bits per heavy atom. The molecular weight excluding hydrogens is 444 g/mol. The van der Waals surface area contributed by atoms with Crippen LogP contribution in [0.1, 0.15) is 25.7 Å². The molecule has 0 spiro atoms. The highest BCUT2D eigenvalue weighted by molar-refractivity contribution is 5.94. The topological polar surface area (TPSA) is 85.7 Å². The van der Waals surface area contributed by atoms with E-state index in [1.165, 1.54) is 0 Å². The fraction of sp³-hybridized carbons (Fsp3) is 0.370. The highest BCUT2D eigenvalue weighted by atomic mass is 16.5. The first-order chi connectivity index (χ1) is 17.0. The molecule has 0 bridgehead atoms. The molecule has 0 saturated heterocycles. The maximum Gasteiger partial charge on any atom is 0.246 e. The molecule has 8 nitrogen and oxygen atoms in total. The van der Waals surface area contributed by atoms with E-state index in [4.69, 9.17) is 14.5 Å². The number of hydrogen-bond donors (Lipinski definition) is 1. The molecule has 3 aromatic rings. The molecule has 0 unspecified atom stereocenters. The maximum absolute atomic E-state index is 13.1. The number of methoxy groups -OCH3 is 2. The van der Waals surface area contributed by atoms with Gasteiger partial charge in [-0.3, -0.25) is 19.5 Å². The van der Waals surface area contributed by atoms with E-state index in [1.54, 1.807) is 19.1 Å². The summed E-state index contributed by atoms with van der Waals surface area (Å²) < 4.78 is 12.4. The van der Waals surface area contributed by atoms with Crippen molar-refractivity contribution < 1.29 is 19.1 Å². The van der Waals surface area contributed by atoms with E-state index in [2.05, 4.69) is 5.32 Å². The summed E-state index contributed by atoms with van der Waals surface area (Å²) >= 11 is 0. The summed E-state index contributed by atoms with van der Waals surface area (Å²) in [6, 6.07) is 15.1. The van der Waals surface area contributed by atoms with E-state index >= 15 is 0 Å². The second-order valence-corrected chi connectivity index (χ2v) is 9.23. The first kappa shape index (κ1) is 23.0. The molecule has 182 valence electrons. The molecule has 1 N–H and O–H groups in total. The van der Waals surface area contributed by atoms with Crippen molar-refractivity contribution in [3.8, 4) is 28.4 Å². The van der Waals surface area contributed by atoms with Gasteiger partial charge in [-0.2, -0.15) is 0 Å². The lowest BCUT2D eigenvalue weighted by molar-refractivity contribution is -0.136. The van der Waals surface area contributed by atoms with Crippen molar-refractivity contribution in [3.63, 3.8) is 0 Å². The Labute approximate surface area is 204 Å². The van der Waals surface area contributed by atoms with Crippen LogP contribution >= 0.6 is 0 Å². The van der Waals surface area contributed by atoms with Crippen LogP contribution in [0.2, 0.25) is 0 Å². The monoisotopic (exact) mass is 474 g/mol. The van der Waals surface area contributed by atoms with Crippen LogP contribution in [-0.4, -0.2) is 53.6 Å². The summed E-state index contributed by atoms with van der Waals surface area (Å²) in [5, 5.41) is 2.95. The summed E-state index contributed by atoms with van der Waals surface area (Å²) in [6.07, 6.45) is 5.99. The Bertz CT molecular complexity index is 1190. The molecule has 0 radical (unpaired) electrons. The van der Waals surface area contributed by atoms with Crippen molar-refractivity contribution >= 4 is 17.8 Å². The van der Waals surface area contributed by atoms with Gasteiger partial charge >= 0.3 is 0 Å². The van der Waals surface area contributed by atoms with Crippen molar-refractivity contribution in [1.29, 1.82) is 0 Å². The number of nitrogens with one attached hydrogen (secondary N) is 1. The molecule has 8 heteroatoms. The fourth-order valence-electron chi connectivity index (χ4n) is 4.08. The largest absolute Gasteiger partial charge is 0.497 e. The van der Waals surface area contributed by atoms with Crippen LogP contribution in [0.3, 0.4) is 0 Å². The normalized spacial score (nSPS) is 14.9. The smallest absolute Gasteiger partial charge is 0.246 e. The highest BCUT2D eigenvalue weighted by Crippen LogP contribution is 2.34. The highest BCUT2D eigenvalue weighted by Gasteiger charge is 2.36. The number of benzene rings is 2. The van der Waals surface area contributed by atoms with Crippen molar-refractivity contribution in [3.05, 3.63) is 54.7 Å². The standard InChI is InChI=1S/C27H30N4O4/c1-34-22-11-7-19(8-12-22)24-16-31(21-9-13-23(35-2)14-10-21)27(28-24)29-25(32)17-30(15-18-3-4-18)26(33)20-5-6-20/h7-14,16,18,20H,3-6,15,17H2,1-2H3,(H,28,29,32). The van der Waals surface area contributed by atoms with Gasteiger partial charge in [0.2, 0.25) is 17.8 Å². The van der Waals surface area contributed by atoms with Crippen LogP contribution in [-0.2, 0) is 9.59 Å². The number of carbonyl (C=O) groups excluding carboxylic acids is 2. The van der Waals surface area contributed by atoms with E-state index < -0.39 is 0 Å². The molecule has 0 aliphatic heterocycles. The summed E-state index contributed by atoms with van der Waals surface area (Å²) in [7, 11) is 3.25. The van der Waals surface area contributed by atoms with Crippen LogP contribution in [0.4, 0.5) is 5.95 Å². The van der Waals surface area contributed by atoms with Crippen molar-refractivity contribution in [1.82, 2.24) is 14.5 Å². The van der Waals surface area contributed by atoms with Gasteiger partial charge in [0.25, 0.3) is 0 Å². The Hall–Kier alpha value is -3.81. The van der Waals surface area contributed by atoms with E-state index in [-0.39, 0.29) is 24.3 Å². The molecule has 2 aliphatic carbocycles. The zero-order valence-electron chi connectivity index (χ0n) is 20.1. The molecule has 5 rings (SSSR count). The Balaban J connectivity index is 1.40. The number of nitrogens with zero attached hydrogens (tertiary/aromatic N) is 3. The molecule has 2 aromatic carbocycles. The maximum atomic E-state index is 13.1. The lowest BCUT2D eigenvalue weighted by Gasteiger charge is -2.22. The Morgan fingerprint density at radius 3 is 2.17 bits per heavy atom. The molecule has 1 heterocycles. The van der Waals surface area contributed by atoms with Gasteiger partial charge in [-0.15, -0.1) is 0 Å². The molecular formula is C27H30N4O4. The zero-order chi connectivity index (χ0) is 24.4. The summed E-state index contributed by atoms with van der Waals surface area (Å²) in [5.41, 5.74) is 2.44. The van der Waals surface area contributed by atoms with Crippen LogP contribution in [0, 0.1) is 11.8 Å². The molecule has 2 amide bonds. The first-order valence-corrected chi connectivity index (χ1v) is 12.0. The molecule has 0 atom stereocenters. The predicted molar refractivity (Wildman–Crippen MR) is 133 cm³/mol. The Morgan fingerprint density at radius 1 is 0.971 bits per heavy atom. The molecule has 1 aromatic heterocycles. The van der Waals surface area contributed by atoms with Gasteiger partial charge in [-0.05, 0) is 80.1 Å². The molecule has 35 heavy (non-hydrogen) atoms. The van der Waals surface area contributed by atoms with Gasteiger partial charge in [0.1, 0.15) is 11.5 Å². The minimum Gasteiger partial charge on any atom is -0.497 e. The van der Waals surface area contributed by atoms with Gasteiger partial charge in [0, 0.05) is 29.9 Å². The number of amides is 2. The van der Waals surface area contributed by atoms with Crippen LogP contribution in [0.5, 0.6) is 11.5 Å². The molecule has 2 aliphatic rings. The average molecular weight is 475 g/mol. The zero-order valence-corrected chi connectivity index (χ0v) is 20.1. The number of aromatic nitrogens is 2. The van der Waals surface area contributed by atoms with E-state index in [0.29, 0.717) is 24.1 Å². The van der Waals surface area contributed by atoms with Crippen molar-refractivity contribution in [2.24, 2.45) is 11.8 Å².